The van der Waals surface area contributed by atoms with Gasteiger partial charge in [0.2, 0.25) is 0 Å². The van der Waals surface area contributed by atoms with Crippen LogP contribution in [0.4, 0.5) is 0 Å². The zero-order valence-electron chi connectivity index (χ0n) is 12.7. The first-order chi connectivity index (χ1) is 10.1. The normalized spacial score (nSPS) is 17.4. The molecule has 1 aliphatic heterocycles. The highest BCUT2D eigenvalue weighted by molar-refractivity contribution is 6.00. The minimum Gasteiger partial charge on any atom is -0.364 e. The molecule has 0 radical (unpaired) electrons. The molecule has 0 spiro atoms. The molecule has 0 aliphatic carbocycles. The van der Waals surface area contributed by atoms with E-state index in [0.29, 0.717) is 23.6 Å². The zero-order valence-corrected chi connectivity index (χ0v) is 13.5. The quantitative estimate of drug-likeness (QED) is 0.753. The predicted molar refractivity (Wildman–Crippen MR) is 87.3 cm³/mol. The van der Waals surface area contributed by atoms with Gasteiger partial charge in [0.05, 0.1) is 0 Å². The van der Waals surface area contributed by atoms with Crippen molar-refractivity contribution in [1.29, 1.82) is 0 Å². The van der Waals surface area contributed by atoms with Crippen molar-refractivity contribution in [1.82, 2.24) is 15.6 Å². The lowest BCUT2D eigenvalue weighted by Gasteiger charge is -2.22. The Bertz CT molecular complexity index is 530. The first kappa shape index (κ1) is 18.4. The third-order valence-corrected chi connectivity index (χ3v) is 3.92. The lowest BCUT2D eigenvalue weighted by Crippen LogP contribution is -2.33. The second-order valence-corrected chi connectivity index (χ2v) is 5.45. The lowest BCUT2D eigenvalue weighted by molar-refractivity contribution is 0.0950. The van der Waals surface area contributed by atoms with E-state index in [0.717, 1.165) is 19.5 Å². The van der Waals surface area contributed by atoms with Crippen molar-refractivity contribution in [2.24, 2.45) is 11.7 Å². The first-order valence-corrected chi connectivity index (χ1v) is 7.34. The smallest absolute Gasteiger partial charge is 0.267 e. The number of halogens is 1. The fourth-order valence-electron chi connectivity index (χ4n) is 2.69. The lowest BCUT2D eigenvalue weighted by atomic mass is 9.96. The van der Waals surface area contributed by atoms with Crippen LogP contribution in [-0.2, 0) is 0 Å². The average Bonchev–Trinajstić information content (AvgIpc) is 2.48. The predicted octanol–water partition coefficient (Wildman–Crippen LogP) is 1.03. The minimum atomic E-state index is -0.615. The second-order valence-electron chi connectivity index (χ2n) is 5.45. The fourth-order valence-corrected chi connectivity index (χ4v) is 2.69. The standard InChI is InChI=1S/C15H22N4O2.ClH/c1-10-12(5-8-18-13(10)14(16)20)15(21)19-7-4-11-3-2-6-17-9-11;/h5,8,11,17H,2-4,6-7,9H2,1H3,(H2,16,20)(H,19,21);1H. The van der Waals surface area contributed by atoms with E-state index in [1.807, 2.05) is 0 Å². The summed E-state index contributed by atoms with van der Waals surface area (Å²) in [6.07, 6.45) is 4.81. The van der Waals surface area contributed by atoms with Crippen LogP contribution in [-0.4, -0.2) is 36.4 Å². The van der Waals surface area contributed by atoms with Crippen LogP contribution in [0.25, 0.3) is 0 Å². The van der Waals surface area contributed by atoms with Crippen molar-refractivity contribution in [3.05, 3.63) is 29.1 Å². The third kappa shape index (κ3) is 4.68. The van der Waals surface area contributed by atoms with Crippen molar-refractivity contribution in [3.63, 3.8) is 0 Å². The number of hydrogen-bond donors (Lipinski definition) is 3. The van der Waals surface area contributed by atoms with Gasteiger partial charge in [0.15, 0.2) is 0 Å². The van der Waals surface area contributed by atoms with Gasteiger partial charge in [-0.15, -0.1) is 12.4 Å². The minimum absolute atomic E-state index is 0. The number of nitrogens with one attached hydrogen (secondary N) is 2. The highest BCUT2D eigenvalue weighted by atomic mass is 35.5. The van der Waals surface area contributed by atoms with Crippen molar-refractivity contribution in [2.45, 2.75) is 26.2 Å². The molecule has 1 aliphatic rings. The Hall–Kier alpha value is -1.66. The van der Waals surface area contributed by atoms with Gasteiger partial charge >= 0.3 is 0 Å². The SMILES string of the molecule is Cc1c(C(=O)NCCC2CCCNC2)ccnc1C(N)=O.Cl. The molecule has 0 aromatic carbocycles. The van der Waals surface area contributed by atoms with Crippen LogP contribution < -0.4 is 16.4 Å². The summed E-state index contributed by atoms with van der Waals surface area (Å²) in [6, 6.07) is 1.61. The summed E-state index contributed by atoms with van der Waals surface area (Å²) in [5.74, 6) is -0.171. The van der Waals surface area contributed by atoms with E-state index < -0.39 is 5.91 Å². The van der Waals surface area contributed by atoms with Gasteiger partial charge in [0, 0.05) is 18.3 Å². The highest BCUT2D eigenvalue weighted by Gasteiger charge is 2.16. The molecule has 1 aromatic heterocycles. The number of carbonyl (C=O) groups is 2. The van der Waals surface area contributed by atoms with E-state index in [2.05, 4.69) is 15.6 Å². The number of aromatic nitrogens is 1. The highest BCUT2D eigenvalue weighted by Crippen LogP contribution is 2.14. The molecule has 1 saturated heterocycles. The van der Waals surface area contributed by atoms with Crippen LogP contribution in [0.3, 0.4) is 0 Å². The van der Waals surface area contributed by atoms with Crippen molar-refractivity contribution in [2.75, 3.05) is 19.6 Å². The van der Waals surface area contributed by atoms with Crippen LogP contribution >= 0.6 is 12.4 Å². The van der Waals surface area contributed by atoms with E-state index in [1.54, 1.807) is 13.0 Å². The molecule has 6 nitrogen and oxygen atoms in total. The number of carbonyl (C=O) groups excluding carboxylic acids is 2. The van der Waals surface area contributed by atoms with Gasteiger partial charge < -0.3 is 16.4 Å². The largest absolute Gasteiger partial charge is 0.364 e. The van der Waals surface area contributed by atoms with E-state index in [9.17, 15) is 9.59 Å². The van der Waals surface area contributed by atoms with Crippen LogP contribution in [0.1, 0.15) is 45.7 Å². The van der Waals surface area contributed by atoms with Crippen molar-refractivity contribution in [3.8, 4) is 0 Å². The molecule has 1 atom stereocenters. The van der Waals surface area contributed by atoms with E-state index in [1.165, 1.54) is 19.0 Å². The third-order valence-electron chi connectivity index (χ3n) is 3.92. The number of nitrogens with two attached hydrogens (primary N) is 1. The summed E-state index contributed by atoms with van der Waals surface area (Å²) in [6.45, 7) is 4.44. The summed E-state index contributed by atoms with van der Waals surface area (Å²) < 4.78 is 0. The molecular formula is C15H23ClN4O2. The topological polar surface area (TPSA) is 97.1 Å². The molecule has 0 saturated carbocycles. The monoisotopic (exact) mass is 326 g/mol. The summed E-state index contributed by atoms with van der Waals surface area (Å²) in [5.41, 5.74) is 6.38. The van der Waals surface area contributed by atoms with E-state index >= 15 is 0 Å². The molecule has 2 heterocycles. The van der Waals surface area contributed by atoms with Gasteiger partial charge in [-0.3, -0.25) is 14.6 Å². The fraction of sp³-hybridized carbons (Fsp3) is 0.533. The van der Waals surface area contributed by atoms with Gasteiger partial charge in [0.1, 0.15) is 5.69 Å². The number of pyridine rings is 1. The first-order valence-electron chi connectivity index (χ1n) is 7.34. The zero-order chi connectivity index (χ0) is 15.2. The summed E-state index contributed by atoms with van der Waals surface area (Å²) >= 11 is 0. The molecule has 0 bridgehead atoms. The number of rotatable bonds is 5. The maximum atomic E-state index is 12.2. The van der Waals surface area contributed by atoms with Crippen LogP contribution in [0.5, 0.6) is 0 Å². The number of nitrogens with zero attached hydrogens (tertiary/aromatic N) is 1. The molecule has 1 unspecified atom stereocenters. The van der Waals surface area contributed by atoms with Gasteiger partial charge in [-0.1, -0.05) is 0 Å². The maximum Gasteiger partial charge on any atom is 0.267 e. The van der Waals surface area contributed by atoms with E-state index in [-0.39, 0.29) is 24.0 Å². The van der Waals surface area contributed by atoms with Crippen LogP contribution in [0, 0.1) is 12.8 Å². The number of primary amides is 1. The molecule has 122 valence electrons. The van der Waals surface area contributed by atoms with Gasteiger partial charge in [0.25, 0.3) is 11.8 Å². The number of hydrogen-bond acceptors (Lipinski definition) is 4. The average molecular weight is 327 g/mol. The Labute approximate surface area is 136 Å². The maximum absolute atomic E-state index is 12.2. The molecule has 22 heavy (non-hydrogen) atoms. The Morgan fingerprint density at radius 2 is 2.27 bits per heavy atom. The molecule has 2 amide bonds. The summed E-state index contributed by atoms with van der Waals surface area (Å²) in [7, 11) is 0. The van der Waals surface area contributed by atoms with Gasteiger partial charge in [-0.25, -0.2) is 0 Å². The second kappa shape index (κ2) is 8.70. The molecule has 2 rings (SSSR count). The van der Waals surface area contributed by atoms with Crippen molar-refractivity contribution >= 4 is 24.2 Å². The Morgan fingerprint density at radius 1 is 1.50 bits per heavy atom. The number of amides is 2. The Kier molecular flexibility index (Phi) is 7.27. The Balaban J connectivity index is 0.00000242. The van der Waals surface area contributed by atoms with Crippen LogP contribution in [0.15, 0.2) is 12.3 Å². The molecule has 4 N–H and O–H groups in total. The molecular weight excluding hydrogens is 304 g/mol. The molecule has 1 fully saturated rings. The number of piperidine rings is 1. The van der Waals surface area contributed by atoms with Crippen molar-refractivity contribution < 1.29 is 9.59 Å². The van der Waals surface area contributed by atoms with Crippen LogP contribution in [0.2, 0.25) is 0 Å². The molecule has 7 heteroatoms. The summed E-state index contributed by atoms with van der Waals surface area (Å²) in [5, 5.41) is 6.27. The van der Waals surface area contributed by atoms with Gasteiger partial charge in [-0.2, -0.15) is 0 Å². The summed E-state index contributed by atoms with van der Waals surface area (Å²) in [4.78, 5) is 27.3. The van der Waals surface area contributed by atoms with Gasteiger partial charge in [-0.05, 0) is 56.8 Å². The Morgan fingerprint density at radius 3 is 2.91 bits per heavy atom. The van der Waals surface area contributed by atoms with E-state index in [4.69, 9.17) is 5.73 Å². The molecule has 1 aromatic rings.